The van der Waals surface area contributed by atoms with E-state index in [-0.39, 0.29) is 5.91 Å². The second kappa shape index (κ2) is 5.70. The Hall–Kier alpha value is -0.960. The first-order valence-corrected chi connectivity index (χ1v) is 5.65. The lowest BCUT2D eigenvalue weighted by atomic mass is 10.2. The van der Waals surface area contributed by atoms with Crippen molar-refractivity contribution in [1.29, 1.82) is 0 Å². The molecule has 0 atom stereocenters. The Morgan fingerprint density at radius 2 is 2.14 bits per heavy atom. The molecular weight excluding hydrogens is 194 g/mol. The maximum Gasteiger partial charge on any atom is 0.217 e. The molecular formula is C11H15NOS. The fraction of sp³-hybridized carbons (Fsp3) is 0.364. The topological polar surface area (TPSA) is 43.1 Å². The highest BCUT2D eigenvalue weighted by molar-refractivity contribution is 7.99. The zero-order chi connectivity index (χ0) is 10.4. The Balaban J connectivity index is 2.31. The zero-order valence-corrected chi connectivity index (χ0v) is 9.14. The van der Waals surface area contributed by atoms with Crippen LogP contribution in [0, 0.1) is 6.92 Å². The van der Waals surface area contributed by atoms with Gasteiger partial charge >= 0.3 is 0 Å². The van der Waals surface area contributed by atoms with Crippen molar-refractivity contribution < 1.29 is 4.79 Å². The van der Waals surface area contributed by atoms with Gasteiger partial charge in [0.2, 0.25) is 5.91 Å². The van der Waals surface area contributed by atoms with Gasteiger partial charge in [0.15, 0.2) is 0 Å². The summed E-state index contributed by atoms with van der Waals surface area (Å²) in [5.74, 6) is 0.740. The van der Waals surface area contributed by atoms with Crippen molar-refractivity contribution in [1.82, 2.24) is 0 Å². The van der Waals surface area contributed by atoms with Crippen LogP contribution in [-0.2, 0) is 4.79 Å². The molecule has 2 N–H and O–H groups in total. The van der Waals surface area contributed by atoms with Crippen molar-refractivity contribution in [2.24, 2.45) is 5.73 Å². The van der Waals surface area contributed by atoms with Gasteiger partial charge in [-0.2, -0.15) is 0 Å². The van der Waals surface area contributed by atoms with Crippen LogP contribution < -0.4 is 5.73 Å². The molecule has 1 aromatic rings. The minimum Gasteiger partial charge on any atom is -0.370 e. The molecule has 76 valence electrons. The summed E-state index contributed by atoms with van der Waals surface area (Å²) in [4.78, 5) is 11.8. The molecule has 0 fully saturated rings. The van der Waals surface area contributed by atoms with E-state index in [2.05, 4.69) is 19.1 Å². The Bertz CT molecular complexity index is 312. The number of rotatable bonds is 5. The van der Waals surface area contributed by atoms with Gasteiger partial charge in [0.25, 0.3) is 0 Å². The average molecular weight is 209 g/mol. The normalized spacial score (nSPS) is 10.1. The number of hydrogen-bond donors (Lipinski definition) is 1. The van der Waals surface area contributed by atoms with E-state index in [0.717, 1.165) is 12.2 Å². The highest BCUT2D eigenvalue weighted by Crippen LogP contribution is 2.22. The lowest BCUT2D eigenvalue weighted by Gasteiger charge is -2.03. The van der Waals surface area contributed by atoms with Crippen LogP contribution in [0.5, 0.6) is 0 Å². The lowest BCUT2D eigenvalue weighted by Crippen LogP contribution is -2.09. The van der Waals surface area contributed by atoms with Crippen LogP contribution in [0.2, 0.25) is 0 Å². The third-order valence-corrected chi connectivity index (χ3v) is 3.18. The molecule has 0 saturated heterocycles. The summed E-state index contributed by atoms with van der Waals surface area (Å²) in [6.45, 7) is 2.09. The molecule has 0 unspecified atom stereocenters. The summed E-state index contributed by atoms with van der Waals surface area (Å²) in [5.41, 5.74) is 6.34. The van der Waals surface area contributed by atoms with Crippen LogP contribution in [0.25, 0.3) is 0 Å². The van der Waals surface area contributed by atoms with Crippen LogP contribution in [0.15, 0.2) is 29.2 Å². The number of primary amides is 1. The minimum absolute atomic E-state index is 0.213. The van der Waals surface area contributed by atoms with Crippen molar-refractivity contribution in [3.8, 4) is 0 Å². The van der Waals surface area contributed by atoms with Gasteiger partial charge in [-0.25, -0.2) is 0 Å². The van der Waals surface area contributed by atoms with Gasteiger partial charge in [-0.1, -0.05) is 18.2 Å². The quantitative estimate of drug-likeness (QED) is 0.597. The summed E-state index contributed by atoms with van der Waals surface area (Å²) < 4.78 is 0. The maximum absolute atomic E-state index is 10.5. The molecule has 0 bridgehead atoms. The van der Waals surface area contributed by atoms with Gasteiger partial charge in [-0.3, -0.25) is 4.79 Å². The predicted octanol–water partition coefficient (Wildman–Crippen LogP) is 2.35. The van der Waals surface area contributed by atoms with Crippen LogP contribution in [0.3, 0.4) is 0 Å². The van der Waals surface area contributed by atoms with Crippen molar-refractivity contribution in [3.63, 3.8) is 0 Å². The number of aryl methyl sites for hydroxylation is 1. The second-order valence-corrected chi connectivity index (χ2v) is 4.32. The molecule has 0 aromatic heterocycles. The third kappa shape index (κ3) is 3.83. The van der Waals surface area contributed by atoms with Gasteiger partial charge in [-0.15, -0.1) is 11.8 Å². The smallest absolute Gasteiger partial charge is 0.217 e. The molecule has 1 rings (SSSR count). The van der Waals surface area contributed by atoms with Crippen molar-refractivity contribution in [2.45, 2.75) is 24.7 Å². The fourth-order valence-corrected chi connectivity index (χ4v) is 2.13. The number of carbonyl (C=O) groups is 1. The molecule has 1 amide bonds. The van der Waals surface area contributed by atoms with Gasteiger partial charge in [0.1, 0.15) is 0 Å². The molecule has 14 heavy (non-hydrogen) atoms. The molecule has 0 heterocycles. The monoisotopic (exact) mass is 209 g/mol. The van der Waals surface area contributed by atoms with E-state index in [1.807, 2.05) is 12.1 Å². The van der Waals surface area contributed by atoms with E-state index < -0.39 is 0 Å². The van der Waals surface area contributed by atoms with Gasteiger partial charge in [0, 0.05) is 11.3 Å². The molecule has 0 aliphatic carbocycles. The second-order valence-electron chi connectivity index (χ2n) is 3.18. The number of amides is 1. The number of thioether (sulfide) groups is 1. The standard InChI is InChI=1S/C11H15NOS/c1-9-5-2-3-6-10(9)14-8-4-7-11(12)13/h2-3,5-6H,4,7-8H2,1H3,(H2,12,13). The molecule has 0 aliphatic heterocycles. The Kier molecular flexibility index (Phi) is 4.53. The zero-order valence-electron chi connectivity index (χ0n) is 8.32. The average Bonchev–Trinajstić information content (AvgIpc) is 2.15. The Labute approximate surface area is 88.9 Å². The molecule has 0 spiro atoms. The number of carbonyl (C=O) groups excluding carboxylic acids is 1. The molecule has 1 aromatic carbocycles. The van der Waals surface area contributed by atoms with Crippen molar-refractivity contribution >= 4 is 17.7 Å². The van der Waals surface area contributed by atoms with E-state index in [1.54, 1.807) is 11.8 Å². The molecule has 0 radical (unpaired) electrons. The summed E-state index contributed by atoms with van der Waals surface area (Å²) in [6.07, 6.45) is 1.34. The van der Waals surface area contributed by atoms with E-state index in [9.17, 15) is 4.79 Å². The summed E-state index contributed by atoms with van der Waals surface area (Å²) in [6, 6.07) is 8.26. The predicted molar refractivity (Wildman–Crippen MR) is 60.3 cm³/mol. The van der Waals surface area contributed by atoms with Crippen molar-refractivity contribution in [2.75, 3.05) is 5.75 Å². The van der Waals surface area contributed by atoms with Gasteiger partial charge in [0.05, 0.1) is 0 Å². The minimum atomic E-state index is -0.213. The number of hydrogen-bond acceptors (Lipinski definition) is 2. The first kappa shape index (κ1) is 11.1. The highest BCUT2D eigenvalue weighted by atomic mass is 32.2. The fourth-order valence-electron chi connectivity index (χ4n) is 1.15. The molecule has 2 nitrogen and oxygen atoms in total. The lowest BCUT2D eigenvalue weighted by molar-refractivity contribution is -0.118. The first-order chi connectivity index (χ1) is 6.70. The van der Waals surface area contributed by atoms with E-state index in [0.29, 0.717) is 6.42 Å². The third-order valence-electron chi connectivity index (χ3n) is 1.92. The SMILES string of the molecule is Cc1ccccc1SCCCC(N)=O. The molecule has 0 aliphatic rings. The summed E-state index contributed by atoms with van der Waals surface area (Å²) in [5, 5.41) is 0. The van der Waals surface area contributed by atoms with Crippen LogP contribution in [0.4, 0.5) is 0 Å². The Morgan fingerprint density at radius 3 is 2.79 bits per heavy atom. The summed E-state index contributed by atoms with van der Waals surface area (Å²) in [7, 11) is 0. The Morgan fingerprint density at radius 1 is 1.43 bits per heavy atom. The van der Waals surface area contributed by atoms with Crippen LogP contribution in [0.1, 0.15) is 18.4 Å². The number of benzene rings is 1. The number of nitrogens with two attached hydrogens (primary N) is 1. The first-order valence-electron chi connectivity index (χ1n) is 4.67. The van der Waals surface area contributed by atoms with Crippen molar-refractivity contribution in [3.05, 3.63) is 29.8 Å². The van der Waals surface area contributed by atoms with Crippen LogP contribution in [-0.4, -0.2) is 11.7 Å². The summed E-state index contributed by atoms with van der Waals surface area (Å²) >= 11 is 1.78. The van der Waals surface area contributed by atoms with E-state index in [1.165, 1.54) is 10.5 Å². The maximum atomic E-state index is 10.5. The molecule has 3 heteroatoms. The van der Waals surface area contributed by atoms with Gasteiger partial charge in [-0.05, 0) is 30.7 Å². The largest absolute Gasteiger partial charge is 0.370 e. The highest BCUT2D eigenvalue weighted by Gasteiger charge is 1.98. The van der Waals surface area contributed by atoms with Crippen LogP contribution >= 0.6 is 11.8 Å². The van der Waals surface area contributed by atoms with E-state index >= 15 is 0 Å². The van der Waals surface area contributed by atoms with E-state index in [4.69, 9.17) is 5.73 Å². The molecule has 0 saturated carbocycles. The van der Waals surface area contributed by atoms with Gasteiger partial charge < -0.3 is 5.73 Å².